The first kappa shape index (κ1) is 33.0. The summed E-state index contributed by atoms with van der Waals surface area (Å²) in [4.78, 5) is 20.2. The van der Waals surface area contributed by atoms with Gasteiger partial charge in [-0.3, -0.25) is 14.7 Å². The van der Waals surface area contributed by atoms with E-state index >= 15 is 0 Å². The Labute approximate surface area is 277 Å². The average Bonchev–Trinajstić information content (AvgIpc) is 3.29. The second-order valence-electron chi connectivity index (χ2n) is 11.0. The summed E-state index contributed by atoms with van der Waals surface area (Å²) in [6, 6.07) is 7.92. The average molecular weight is 710 g/mol. The zero-order valence-corrected chi connectivity index (χ0v) is 29.0. The number of aromatic nitrogens is 4. The van der Waals surface area contributed by atoms with Crippen LogP contribution in [0.25, 0.3) is 11.1 Å². The number of methoxy groups -OCH3 is 1. The molecule has 3 heterocycles. The van der Waals surface area contributed by atoms with Crippen LogP contribution in [0.5, 0.6) is 5.75 Å². The van der Waals surface area contributed by atoms with Crippen LogP contribution in [0.15, 0.2) is 51.1 Å². The van der Waals surface area contributed by atoms with Crippen LogP contribution >= 0.6 is 15.9 Å². The van der Waals surface area contributed by atoms with Gasteiger partial charge in [-0.25, -0.2) is 18.1 Å². The Morgan fingerprint density at radius 2 is 1.96 bits per heavy atom. The number of aliphatic imine (C=N–C) groups is 2. The first-order valence-corrected chi connectivity index (χ1v) is 17.2. The van der Waals surface area contributed by atoms with E-state index in [2.05, 4.69) is 82.9 Å². The van der Waals surface area contributed by atoms with Crippen molar-refractivity contribution in [3.8, 4) is 16.9 Å². The molecule has 2 aromatic heterocycles. The third kappa shape index (κ3) is 6.90. The van der Waals surface area contributed by atoms with Crippen LogP contribution in [0, 0.1) is 0 Å². The van der Waals surface area contributed by atoms with Crippen LogP contribution in [0.1, 0.15) is 32.0 Å². The van der Waals surface area contributed by atoms with E-state index in [0.717, 1.165) is 41.7 Å². The van der Waals surface area contributed by atoms with Gasteiger partial charge in [-0.15, -0.1) is 0 Å². The third-order valence-corrected chi connectivity index (χ3v) is 8.89. The Kier molecular flexibility index (Phi) is 9.74. The fourth-order valence-corrected chi connectivity index (χ4v) is 6.14. The Balaban J connectivity index is 1.55. The fourth-order valence-electron chi connectivity index (χ4n) is 5.44. The molecule has 0 aliphatic carbocycles. The molecule has 0 atom stereocenters. The molecule has 242 valence electrons. The van der Waals surface area contributed by atoms with Gasteiger partial charge in [0.2, 0.25) is 16.0 Å². The van der Waals surface area contributed by atoms with Crippen molar-refractivity contribution in [2.24, 2.45) is 17.0 Å². The van der Waals surface area contributed by atoms with Gasteiger partial charge in [-0.2, -0.15) is 10.1 Å². The van der Waals surface area contributed by atoms with Crippen molar-refractivity contribution in [3.05, 3.63) is 52.4 Å². The van der Waals surface area contributed by atoms with E-state index in [9.17, 15) is 8.42 Å². The maximum Gasteiger partial charge on any atom is 0.229 e. The number of rotatable bonds is 11. The van der Waals surface area contributed by atoms with E-state index in [1.54, 1.807) is 38.6 Å². The molecule has 0 spiro atoms. The lowest BCUT2D eigenvalue weighted by molar-refractivity contribution is 0.416. The summed E-state index contributed by atoms with van der Waals surface area (Å²) >= 11 is 3.55. The molecule has 0 amide bonds. The maximum atomic E-state index is 12.0. The van der Waals surface area contributed by atoms with Gasteiger partial charge in [0.25, 0.3) is 0 Å². The van der Waals surface area contributed by atoms with Gasteiger partial charge < -0.3 is 20.3 Å². The van der Waals surface area contributed by atoms with Crippen molar-refractivity contribution < 1.29 is 13.2 Å². The zero-order valence-electron chi connectivity index (χ0n) is 26.6. The Morgan fingerprint density at radius 3 is 2.63 bits per heavy atom. The molecule has 5 rings (SSSR count). The molecule has 4 aromatic rings. The number of aryl methyl sites for hydroxylation is 1. The molecule has 0 bridgehead atoms. The Hall–Kier alpha value is -4.34. The topological polar surface area (TPSA) is 151 Å². The predicted molar refractivity (Wildman–Crippen MR) is 189 cm³/mol. The molecular weight excluding hydrogens is 672 g/mol. The fraction of sp³-hybridized carbons (Fsp3) is 0.323. The Bertz CT molecular complexity index is 1920. The molecule has 0 saturated carbocycles. The van der Waals surface area contributed by atoms with Gasteiger partial charge in [0.05, 0.1) is 41.1 Å². The van der Waals surface area contributed by atoms with E-state index in [1.807, 2.05) is 24.0 Å². The number of halogens is 1. The minimum absolute atomic E-state index is 0.0267. The van der Waals surface area contributed by atoms with Gasteiger partial charge >= 0.3 is 0 Å². The summed E-state index contributed by atoms with van der Waals surface area (Å²) in [7, 11) is 0.113. The Morgan fingerprint density at radius 1 is 1.17 bits per heavy atom. The molecular formula is C31H37BrN10O3S. The molecule has 0 radical (unpaired) electrons. The van der Waals surface area contributed by atoms with Crippen molar-refractivity contribution in [2.45, 2.75) is 39.8 Å². The minimum Gasteiger partial charge on any atom is -0.494 e. The van der Waals surface area contributed by atoms with Gasteiger partial charge in [-0.1, -0.05) is 0 Å². The normalized spacial score (nSPS) is 13.0. The third-order valence-electron chi connectivity index (χ3n) is 7.64. The molecule has 3 N–H and O–H groups in total. The number of nitrogens with one attached hydrogen (secondary N) is 3. The molecule has 15 heteroatoms. The molecule has 0 fully saturated rings. The number of hydrogen-bond acceptors (Lipinski definition) is 11. The summed E-state index contributed by atoms with van der Waals surface area (Å²) in [5.74, 6) is 1.40. The quantitative estimate of drug-likeness (QED) is 0.159. The number of anilines is 5. The highest BCUT2D eigenvalue weighted by Gasteiger charge is 2.26. The molecule has 1 aliphatic heterocycles. The molecule has 0 saturated heterocycles. The lowest BCUT2D eigenvalue weighted by Gasteiger charge is -2.30. The highest BCUT2D eigenvalue weighted by Crippen LogP contribution is 2.44. The monoisotopic (exact) mass is 708 g/mol. The minimum atomic E-state index is -3.49. The van der Waals surface area contributed by atoms with Gasteiger partial charge in [0.15, 0.2) is 0 Å². The van der Waals surface area contributed by atoms with Crippen molar-refractivity contribution >= 4 is 79.1 Å². The number of hydrogen-bond donors (Lipinski definition) is 3. The summed E-state index contributed by atoms with van der Waals surface area (Å²) in [6.07, 6.45) is 7.12. The van der Waals surface area contributed by atoms with Gasteiger partial charge in [0, 0.05) is 84.8 Å². The van der Waals surface area contributed by atoms with Crippen molar-refractivity contribution in [3.63, 3.8) is 0 Å². The molecule has 1 aliphatic rings. The summed E-state index contributed by atoms with van der Waals surface area (Å²) in [6.45, 7) is 10.6. The highest BCUT2D eigenvalue weighted by atomic mass is 79.9. The number of fused-ring (bicyclic) bond motifs is 3. The van der Waals surface area contributed by atoms with Crippen LogP contribution in [-0.4, -0.2) is 67.1 Å². The maximum absolute atomic E-state index is 12.0. The van der Waals surface area contributed by atoms with Crippen LogP contribution < -0.4 is 25.0 Å². The van der Waals surface area contributed by atoms with Crippen molar-refractivity contribution in [1.29, 1.82) is 0 Å². The lowest BCUT2D eigenvalue weighted by atomic mass is 10.0. The number of nitrogens with zero attached hydrogens (tertiary/aromatic N) is 7. The molecule has 0 unspecified atom stereocenters. The van der Waals surface area contributed by atoms with Crippen molar-refractivity contribution in [1.82, 2.24) is 24.5 Å². The summed E-state index contributed by atoms with van der Waals surface area (Å²) < 4.78 is 34.9. The second kappa shape index (κ2) is 13.6. The van der Waals surface area contributed by atoms with Crippen LogP contribution in [0.2, 0.25) is 0 Å². The zero-order chi connectivity index (χ0) is 33.2. The first-order chi connectivity index (χ1) is 21.9. The van der Waals surface area contributed by atoms with E-state index in [1.165, 1.54) is 0 Å². The van der Waals surface area contributed by atoms with E-state index < -0.39 is 10.0 Å². The first-order valence-electron chi connectivity index (χ1n) is 14.6. The van der Waals surface area contributed by atoms with Crippen molar-refractivity contribution in [2.75, 3.05) is 35.4 Å². The van der Waals surface area contributed by atoms with Crippen LogP contribution in [0.3, 0.4) is 0 Å². The largest absolute Gasteiger partial charge is 0.494 e. The standard InChI is InChI=1S/C31H37BrN10O3S/c1-8-34-29-21(16-37-46(7,43)44)23(9-10-24(29)33-4)38-30-22(32)17-35-31(40-30)39-25-13-19-20-15-36-41(5)26(20)11-12-42(18(2)3)27(19)14-28(25)45-6/h8-10,13-15,17-18,37H,4,11-12,16H2,1-3,5-7H3,(H2,35,38,39,40). The SMILES string of the molecule is C=Nc1ccc(Nc2nc(Nc3cc4c(cc3OC)N(C(C)C)CCc3c-4cnn3C)ncc2Br)c(CNS(C)(=O)=O)c1N=CC. The number of benzene rings is 2. The lowest BCUT2D eigenvalue weighted by Crippen LogP contribution is -2.32. The van der Waals surface area contributed by atoms with E-state index in [4.69, 9.17) is 9.72 Å². The number of sulfonamides is 1. The molecule has 2 aromatic carbocycles. The second-order valence-corrected chi connectivity index (χ2v) is 13.7. The summed E-state index contributed by atoms with van der Waals surface area (Å²) in [5, 5.41) is 11.2. The molecule has 13 nitrogen and oxygen atoms in total. The van der Waals surface area contributed by atoms with E-state index in [0.29, 0.717) is 50.3 Å². The van der Waals surface area contributed by atoms with Crippen LogP contribution in [-0.2, 0) is 30.0 Å². The van der Waals surface area contributed by atoms with Gasteiger partial charge in [0.1, 0.15) is 11.6 Å². The van der Waals surface area contributed by atoms with E-state index in [-0.39, 0.29) is 12.6 Å². The summed E-state index contributed by atoms with van der Waals surface area (Å²) in [5.41, 5.74) is 7.19. The highest BCUT2D eigenvalue weighted by molar-refractivity contribution is 9.10. The predicted octanol–water partition coefficient (Wildman–Crippen LogP) is 6.01. The smallest absolute Gasteiger partial charge is 0.229 e. The van der Waals surface area contributed by atoms with Gasteiger partial charge in [-0.05, 0) is 61.6 Å². The number of ether oxygens (including phenoxy) is 1. The van der Waals surface area contributed by atoms with Crippen LogP contribution in [0.4, 0.5) is 40.2 Å². The molecule has 46 heavy (non-hydrogen) atoms.